The van der Waals surface area contributed by atoms with Crippen molar-refractivity contribution in [3.05, 3.63) is 95.2 Å². The minimum atomic E-state index is -0.0866. The van der Waals surface area contributed by atoms with E-state index in [9.17, 15) is 9.90 Å². The second-order valence-electron chi connectivity index (χ2n) is 8.62. The first kappa shape index (κ1) is 21.5. The third kappa shape index (κ3) is 4.15. The van der Waals surface area contributed by atoms with Gasteiger partial charge in [-0.1, -0.05) is 36.9 Å². The van der Waals surface area contributed by atoms with E-state index in [1.807, 2.05) is 80.7 Å². The zero-order valence-corrected chi connectivity index (χ0v) is 19.1. The number of benzene rings is 3. The van der Waals surface area contributed by atoms with Crippen LogP contribution in [0.4, 0.5) is 5.69 Å². The molecule has 5 rings (SSSR count). The molecule has 34 heavy (non-hydrogen) atoms. The molecule has 0 radical (unpaired) electrons. The average molecular weight is 452 g/mol. The number of nitrogens with zero attached hydrogens (tertiary/aromatic N) is 4. The number of phenolic OH excluding ortho intramolecular Hbond substituents is 1. The lowest BCUT2D eigenvalue weighted by atomic mass is 10.1. The Morgan fingerprint density at radius 3 is 2.41 bits per heavy atom. The molecule has 2 heterocycles. The minimum Gasteiger partial charge on any atom is -0.505 e. The van der Waals surface area contributed by atoms with Gasteiger partial charge in [0.05, 0.1) is 0 Å². The molecular weight excluding hydrogens is 426 g/mol. The van der Waals surface area contributed by atoms with Crippen LogP contribution in [-0.2, 0) is 11.3 Å². The third-order valence-electron chi connectivity index (χ3n) is 5.88. The van der Waals surface area contributed by atoms with Gasteiger partial charge in [-0.15, -0.1) is 15.0 Å². The number of anilines is 1. The molecule has 4 aromatic rings. The molecule has 3 aromatic carbocycles. The Kier molecular flexibility index (Phi) is 5.37. The summed E-state index contributed by atoms with van der Waals surface area (Å²) in [6.45, 7) is 6.31. The lowest BCUT2D eigenvalue weighted by Gasteiger charge is -2.21. The molecule has 7 heteroatoms. The third-order valence-corrected chi connectivity index (χ3v) is 5.88. The van der Waals surface area contributed by atoms with Crippen LogP contribution in [-0.4, -0.2) is 33.1 Å². The number of allylic oxidation sites excluding steroid dienone is 1. The Hall–Kier alpha value is -4.39. The van der Waals surface area contributed by atoms with Crippen molar-refractivity contribution in [1.29, 1.82) is 0 Å². The molecule has 0 unspecified atom stereocenters. The number of phenols is 1. The van der Waals surface area contributed by atoms with Crippen LogP contribution in [0, 0.1) is 6.92 Å². The van der Waals surface area contributed by atoms with E-state index in [0.717, 1.165) is 39.1 Å². The Morgan fingerprint density at radius 2 is 1.79 bits per heavy atom. The molecule has 1 aliphatic rings. The van der Waals surface area contributed by atoms with E-state index in [1.165, 1.54) is 4.80 Å². The van der Waals surface area contributed by atoms with E-state index < -0.39 is 0 Å². The minimum absolute atomic E-state index is 0.0866. The van der Waals surface area contributed by atoms with Gasteiger partial charge < -0.3 is 15.3 Å². The Balaban J connectivity index is 1.38. The van der Waals surface area contributed by atoms with Crippen LogP contribution in [0.2, 0.25) is 0 Å². The highest BCUT2D eigenvalue weighted by molar-refractivity contribution is 6.02. The molecule has 0 bridgehead atoms. The highest BCUT2D eigenvalue weighted by atomic mass is 16.3. The Bertz CT molecular complexity index is 1420. The molecule has 0 aliphatic carbocycles. The summed E-state index contributed by atoms with van der Waals surface area (Å²) in [7, 11) is 1.98. The number of rotatable bonds is 5. The molecule has 170 valence electrons. The number of hydrogen-bond acceptors (Lipinski definition) is 5. The summed E-state index contributed by atoms with van der Waals surface area (Å²) >= 11 is 0. The van der Waals surface area contributed by atoms with Crippen LogP contribution in [0.3, 0.4) is 0 Å². The molecule has 0 spiro atoms. The fraction of sp³-hybridized carbons (Fsp3) is 0.148. The van der Waals surface area contributed by atoms with Crippen LogP contribution in [0.5, 0.6) is 5.75 Å². The molecule has 7 nitrogen and oxygen atoms in total. The highest BCUT2D eigenvalue weighted by Gasteiger charge is 2.19. The van der Waals surface area contributed by atoms with Gasteiger partial charge in [0.1, 0.15) is 22.5 Å². The van der Waals surface area contributed by atoms with E-state index in [4.69, 9.17) is 0 Å². The number of hydrogen-bond donors (Lipinski definition) is 2. The topological polar surface area (TPSA) is 83.3 Å². The maximum absolute atomic E-state index is 11.9. The number of nitrogens with one attached hydrogen (secondary N) is 1. The van der Waals surface area contributed by atoms with E-state index in [-0.39, 0.29) is 11.7 Å². The molecule has 1 amide bonds. The number of fused-ring (bicyclic) bond motifs is 1. The first-order chi connectivity index (χ1) is 16.4. The van der Waals surface area contributed by atoms with Crippen molar-refractivity contribution < 1.29 is 9.90 Å². The number of aromatic nitrogens is 3. The smallest absolute Gasteiger partial charge is 0.251 e. The number of carbonyl (C=O) groups is 1. The monoisotopic (exact) mass is 451 g/mol. The molecule has 0 saturated carbocycles. The van der Waals surface area contributed by atoms with E-state index in [0.29, 0.717) is 24.2 Å². The van der Waals surface area contributed by atoms with Gasteiger partial charge in [-0.2, -0.15) is 0 Å². The maximum atomic E-state index is 11.9. The van der Waals surface area contributed by atoms with Crippen molar-refractivity contribution in [1.82, 2.24) is 20.3 Å². The molecule has 0 atom stereocenters. The zero-order valence-electron chi connectivity index (χ0n) is 19.1. The number of amides is 1. The SMILES string of the molecule is C=C1C/C(=C\c2ccc(N(C)Cc3cc(C)cc(-n4nc5ccccc5n4)c3O)cc2)C(=O)N1. The number of carbonyl (C=O) groups excluding carboxylic acids is 1. The van der Waals surface area contributed by atoms with Gasteiger partial charge in [0, 0.05) is 42.5 Å². The normalized spacial score (nSPS) is 14.7. The number of aromatic hydroxyl groups is 1. The average Bonchev–Trinajstić information content (AvgIpc) is 3.38. The second-order valence-corrected chi connectivity index (χ2v) is 8.62. The van der Waals surface area contributed by atoms with Crippen molar-refractivity contribution in [2.45, 2.75) is 19.9 Å². The highest BCUT2D eigenvalue weighted by Crippen LogP contribution is 2.30. The summed E-state index contributed by atoms with van der Waals surface area (Å²) in [6.07, 6.45) is 2.44. The van der Waals surface area contributed by atoms with E-state index in [1.54, 1.807) is 0 Å². The van der Waals surface area contributed by atoms with Gasteiger partial charge in [-0.05, 0) is 54.5 Å². The van der Waals surface area contributed by atoms with Gasteiger partial charge in [-0.25, -0.2) is 0 Å². The first-order valence-corrected chi connectivity index (χ1v) is 11.0. The second kappa shape index (κ2) is 8.51. The molecule has 1 aliphatic heterocycles. The summed E-state index contributed by atoms with van der Waals surface area (Å²) < 4.78 is 0. The van der Waals surface area contributed by atoms with Crippen molar-refractivity contribution in [2.75, 3.05) is 11.9 Å². The van der Waals surface area contributed by atoms with Crippen LogP contribution < -0.4 is 10.2 Å². The first-order valence-electron chi connectivity index (χ1n) is 11.0. The summed E-state index contributed by atoms with van der Waals surface area (Å²) in [5, 5.41) is 22.8. The van der Waals surface area contributed by atoms with Gasteiger partial charge in [0.25, 0.3) is 5.91 Å². The summed E-state index contributed by atoms with van der Waals surface area (Å²) in [6, 6.07) is 19.5. The molecule has 1 saturated heterocycles. The lowest BCUT2D eigenvalue weighted by molar-refractivity contribution is -0.115. The van der Waals surface area contributed by atoms with Crippen LogP contribution in [0.25, 0.3) is 22.8 Å². The zero-order chi connectivity index (χ0) is 23.8. The Morgan fingerprint density at radius 1 is 1.12 bits per heavy atom. The standard InChI is InChI=1S/C27H25N5O2/c1-17-12-21(26(33)25(13-17)32-29-23-6-4-5-7-24(23)30-32)16-31(3)22-10-8-19(9-11-22)15-20-14-18(2)28-27(20)34/h4-13,15,33H,2,14,16H2,1,3H3,(H,28,34)/b20-15+. The van der Waals surface area contributed by atoms with Crippen molar-refractivity contribution in [3.8, 4) is 11.4 Å². The molecule has 2 N–H and O–H groups in total. The predicted octanol–water partition coefficient (Wildman–Crippen LogP) is 4.49. The fourth-order valence-electron chi connectivity index (χ4n) is 4.16. The van der Waals surface area contributed by atoms with E-state index >= 15 is 0 Å². The number of aryl methyl sites for hydroxylation is 1. The van der Waals surface area contributed by atoms with Gasteiger partial charge in [0.15, 0.2) is 0 Å². The van der Waals surface area contributed by atoms with Crippen molar-refractivity contribution >= 4 is 28.7 Å². The van der Waals surface area contributed by atoms with Gasteiger partial charge in [0.2, 0.25) is 0 Å². The fourth-order valence-corrected chi connectivity index (χ4v) is 4.16. The lowest BCUT2D eigenvalue weighted by Crippen LogP contribution is -2.17. The molecular formula is C27H25N5O2. The van der Waals surface area contributed by atoms with Crippen LogP contribution >= 0.6 is 0 Å². The largest absolute Gasteiger partial charge is 0.505 e. The summed E-state index contributed by atoms with van der Waals surface area (Å²) in [5.41, 5.74) is 7.28. The van der Waals surface area contributed by atoms with Gasteiger partial charge >= 0.3 is 0 Å². The quantitative estimate of drug-likeness (QED) is 0.437. The molecule has 1 aromatic heterocycles. The Labute approximate surface area is 197 Å². The van der Waals surface area contributed by atoms with E-state index in [2.05, 4.69) is 27.0 Å². The van der Waals surface area contributed by atoms with Crippen LogP contribution in [0.15, 0.2) is 78.5 Å². The summed E-state index contributed by atoms with van der Waals surface area (Å²) in [4.78, 5) is 15.5. The predicted molar refractivity (Wildman–Crippen MR) is 134 cm³/mol. The molecule has 1 fully saturated rings. The maximum Gasteiger partial charge on any atom is 0.251 e. The van der Waals surface area contributed by atoms with Gasteiger partial charge in [-0.3, -0.25) is 4.79 Å². The van der Waals surface area contributed by atoms with Crippen LogP contribution in [0.1, 0.15) is 23.1 Å². The van der Waals surface area contributed by atoms with Crippen molar-refractivity contribution in [3.63, 3.8) is 0 Å². The van der Waals surface area contributed by atoms with Crippen molar-refractivity contribution in [2.24, 2.45) is 0 Å². The summed E-state index contributed by atoms with van der Waals surface area (Å²) in [5.74, 6) is 0.0723.